The number of hydrogen-bond donors (Lipinski definition) is 2. The zero-order valence-corrected chi connectivity index (χ0v) is 15.9. The number of likely N-dealkylation sites (tertiary alicyclic amines) is 1. The third kappa shape index (κ3) is 4.31. The van der Waals surface area contributed by atoms with Gasteiger partial charge in [0.15, 0.2) is 5.41 Å². The molecule has 0 spiro atoms. The molecule has 0 aromatic heterocycles. The van der Waals surface area contributed by atoms with Gasteiger partial charge >= 0.3 is 71.1 Å². The number of aliphatic carboxylic acids is 2. The van der Waals surface area contributed by atoms with Gasteiger partial charge in [-0.15, -0.1) is 0 Å². The van der Waals surface area contributed by atoms with Gasteiger partial charge in [0.1, 0.15) is 0 Å². The number of carbonyl (C=O) groups is 2. The maximum atomic E-state index is 11.0. The summed E-state index contributed by atoms with van der Waals surface area (Å²) in [5.41, 5.74) is -0.433. The van der Waals surface area contributed by atoms with E-state index in [2.05, 4.69) is 0 Å². The molecule has 100 valence electrons. The first-order valence-electron chi connectivity index (χ1n) is 5.78. The van der Waals surface area contributed by atoms with Crippen LogP contribution in [-0.4, -0.2) is 46.7 Å². The van der Waals surface area contributed by atoms with Gasteiger partial charge in [-0.3, -0.25) is 14.5 Å². The molecule has 1 aromatic rings. The average Bonchev–Trinajstić information content (AvgIpc) is 2.27. The minimum absolute atomic E-state index is 0. The van der Waals surface area contributed by atoms with Crippen LogP contribution < -0.4 is 59.1 Å². The molecule has 0 bridgehead atoms. The molecule has 0 atom stereocenters. The predicted molar refractivity (Wildman–Crippen MR) is 66.5 cm³/mol. The van der Waals surface area contributed by atoms with E-state index < -0.39 is 17.4 Å². The summed E-state index contributed by atoms with van der Waals surface area (Å²) < 4.78 is 0. The summed E-state index contributed by atoms with van der Waals surface area (Å²) in [5, 5.41) is 17.9. The summed E-state index contributed by atoms with van der Waals surface area (Å²) in [7, 11) is 0. The summed E-state index contributed by atoms with van der Waals surface area (Å²) in [5.74, 6) is -2.49. The standard InChI is InChI=1S/C13H15NO4.2Na.2H/c15-11(16)13(12(17)18)8-14(9-13)7-6-10-4-2-1-3-5-10;;;;/h1-5H,6-9H2,(H,15,16)(H,17,18);;;;/q;2*+1;2*-1. The number of hydrogen-bond acceptors (Lipinski definition) is 3. The van der Waals surface area contributed by atoms with Crippen LogP contribution in [-0.2, 0) is 16.0 Å². The number of nitrogens with zero attached hydrogens (tertiary/aromatic N) is 1. The fourth-order valence-corrected chi connectivity index (χ4v) is 2.17. The molecule has 2 rings (SSSR count). The molecule has 20 heavy (non-hydrogen) atoms. The van der Waals surface area contributed by atoms with Gasteiger partial charge in [0.2, 0.25) is 0 Å². The monoisotopic (exact) mass is 297 g/mol. The van der Waals surface area contributed by atoms with Gasteiger partial charge in [0.05, 0.1) is 0 Å². The van der Waals surface area contributed by atoms with Crippen molar-refractivity contribution in [3.05, 3.63) is 35.9 Å². The van der Waals surface area contributed by atoms with E-state index in [1.165, 1.54) is 5.56 Å². The molecule has 1 heterocycles. The van der Waals surface area contributed by atoms with Crippen molar-refractivity contribution in [2.75, 3.05) is 19.6 Å². The predicted octanol–water partition coefficient (Wildman–Crippen LogP) is -5.07. The molecule has 0 amide bonds. The zero-order chi connectivity index (χ0) is 13.2. The first-order chi connectivity index (χ1) is 8.54. The van der Waals surface area contributed by atoms with Gasteiger partial charge in [-0.2, -0.15) is 0 Å². The molecule has 0 saturated carbocycles. The maximum Gasteiger partial charge on any atom is 1.00 e. The topological polar surface area (TPSA) is 77.8 Å². The molecule has 1 fully saturated rings. The van der Waals surface area contributed by atoms with Gasteiger partial charge in [-0.05, 0) is 12.0 Å². The second-order valence-electron chi connectivity index (χ2n) is 4.64. The van der Waals surface area contributed by atoms with Crippen LogP contribution >= 0.6 is 0 Å². The largest absolute Gasteiger partial charge is 1.00 e. The Kier molecular flexibility index (Phi) is 8.59. The van der Waals surface area contributed by atoms with Gasteiger partial charge < -0.3 is 13.1 Å². The van der Waals surface area contributed by atoms with E-state index in [1.54, 1.807) is 0 Å². The van der Waals surface area contributed by atoms with E-state index in [-0.39, 0.29) is 75.1 Å². The van der Waals surface area contributed by atoms with Crippen LogP contribution in [0.4, 0.5) is 0 Å². The average molecular weight is 297 g/mol. The van der Waals surface area contributed by atoms with Gasteiger partial charge in [-0.1, -0.05) is 30.3 Å². The normalized spacial score (nSPS) is 16.2. The molecule has 1 aliphatic rings. The number of carboxylic acids is 2. The Balaban J connectivity index is -0.000000902. The maximum absolute atomic E-state index is 11.0. The Morgan fingerprint density at radius 1 is 1.10 bits per heavy atom. The third-order valence-electron chi connectivity index (χ3n) is 3.37. The van der Waals surface area contributed by atoms with Crippen molar-refractivity contribution in [1.29, 1.82) is 0 Å². The van der Waals surface area contributed by atoms with Crippen LogP contribution in [0, 0.1) is 5.41 Å². The molecule has 0 radical (unpaired) electrons. The van der Waals surface area contributed by atoms with E-state index in [0.29, 0.717) is 6.54 Å². The van der Waals surface area contributed by atoms with Crippen LogP contribution in [0.1, 0.15) is 8.42 Å². The molecular weight excluding hydrogens is 280 g/mol. The van der Waals surface area contributed by atoms with E-state index in [1.807, 2.05) is 35.2 Å². The number of rotatable bonds is 5. The Morgan fingerprint density at radius 2 is 1.60 bits per heavy atom. The fraction of sp³-hybridized carbons (Fsp3) is 0.385. The molecule has 2 N–H and O–H groups in total. The van der Waals surface area contributed by atoms with E-state index in [0.717, 1.165) is 6.42 Å². The van der Waals surface area contributed by atoms with Crippen LogP contribution in [0.3, 0.4) is 0 Å². The fourth-order valence-electron chi connectivity index (χ4n) is 2.17. The Hall–Kier alpha value is 0.120. The first-order valence-corrected chi connectivity index (χ1v) is 5.78. The Labute approximate surface area is 164 Å². The van der Waals surface area contributed by atoms with Crippen molar-refractivity contribution in [3.63, 3.8) is 0 Å². The molecule has 0 aliphatic carbocycles. The summed E-state index contributed by atoms with van der Waals surface area (Å²) in [6.45, 7) is 0.862. The van der Waals surface area contributed by atoms with E-state index in [9.17, 15) is 9.59 Å². The summed E-state index contributed by atoms with van der Waals surface area (Å²) in [6.07, 6.45) is 0.802. The molecule has 1 saturated heterocycles. The van der Waals surface area contributed by atoms with Gasteiger partial charge in [-0.25, -0.2) is 0 Å². The summed E-state index contributed by atoms with van der Waals surface area (Å²) in [4.78, 5) is 23.8. The molecule has 7 heteroatoms. The smallest absolute Gasteiger partial charge is 1.00 e. The zero-order valence-electron chi connectivity index (χ0n) is 13.9. The van der Waals surface area contributed by atoms with Crippen molar-refractivity contribution >= 4 is 11.9 Å². The number of benzene rings is 1. The van der Waals surface area contributed by atoms with Crippen LogP contribution in [0.2, 0.25) is 0 Å². The Bertz CT molecular complexity index is 454. The SMILES string of the molecule is O=C(O)C1(C(=O)O)CN(CCc2ccccc2)C1.[H-].[H-].[Na+].[Na+]. The first kappa shape index (κ1) is 20.1. The van der Waals surface area contributed by atoms with Crippen molar-refractivity contribution < 1.29 is 81.8 Å². The molecule has 1 aromatic carbocycles. The number of carboxylic acid groups (broad SMARTS) is 2. The summed E-state index contributed by atoms with van der Waals surface area (Å²) in [6, 6.07) is 9.84. The summed E-state index contributed by atoms with van der Waals surface area (Å²) >= 11 is 0. The van der Waals surface area contributed by atoms with Crippen LogP contribution in [0.25, 0.3) is 0 Å². The second kappa shape index (κ2) is 8.54. The van der Waals surface area contributed by atoms with Crippen molar-refractivity contribution in [2.45, 2.75) is 6.42 Å². The van der Waals surface area contributed by atoms with E-state index in [4.69, 9.17) is 10.2 Å². The van der Waals surface area contributed by atoms with E-state index >= 15 is 0 Å². The minimum atomic E-state index is -1.60. The third-order valence-corrected chi connectivity index (χ3v) is 3.37. The minimum Gasteiger partial charge on any atom is -1.00 e. The van der Waals surface area contributed by atoms with Gasteiger partial charge in [0, 0.05) is 19.6 Å². The quantitative estimate of drug-likeness (QED) is 0.420. The van der Waals surface area contributed by atoms with Crippen molar-refractivity contribution in [1.82, 2.24) is 4.90 Å². The van der Waals surface area contributed by atoms with Crippen LogP contribution in [0.5, 0.6) is 0 Å². The molecule has 5 nitrogen and oxygen atoms in total. The molecule has 1 aliphatic heterocycles. The second-order valence-corrected chi connectivity index (χ2v) is 4.64. The van der Waals surface area contributed by atoms with Crippen molar-refractivity contribution in [2.24, 2.45) is 5.41 Å². The van der Waals surface area contributed by atoms with Crippen molar-refractivity contribution in [3.8, 4) is 0 Å². The van der Waals surface area contributed by atoms with Crippen LogP contribution in [0.15, 0.2) is 30.3 Å². The van der Waals surface area contributed by atoms with Gasteiger partial charge in [0.25, 0.3) is 0 Å². The Morgan fingerprint density at radius 3 is 2.05 bits per heavy atom. The molecule has 0 unspecified atom stereocenters. The molecular formula is C13H17NNa2O4.